The van der Waals surface area contributed by atoms with Gasteiger partial charge in [-0.1, -0.05) is 24.3 Å². The number of hydrogen-bond donors (Lipinski definition) is 1. The van der Waals surface area contributed by atoms with Crippen molar-refractivity contribution in [2.75, 3.05) is 18.5 Å². The van der Waals surface area contributed by atoms with Crippen molar-refractivity contribution in [1.82, 2.24) is 14.7 Å². The van der Waals surface area contributed by atoms with Crippen LogP contribution in [0.2, 0.25) is 0 Å². The van der Waals surface area contributed by atoms with Crippen LogP contribution in [0, 0.1) is 0 Å². The summed E-state index contributed by atoms with van der Waals surface area (Å²) in [5.74, 6) is 0. The lowest BCUT2D eigenvalue weighted by Crippen LogP contribution is -2.45. The Labute approximate surface area is 111 Å². The summed E-state index contributed by atoms with van der Waals surface area (Å²) in [4.78, 5) is 6.71. The first kappa shape index (κ1) is 11.6. The van der Waals surface area contributed by atoms with E-state index in [1.807, 2.05) is 7.05 Å². The number of nitrogens with zero attached hydrogens (tertiary/aromatic N) is 3. The average Bonchev–Trinajstić information content (AvgIpc) is 2.92. The van der Waals surface area contributed by atoms with Gasteiger partial charge in [-0.3, -0.25) is 0 Å². The van der Waals surface area contributed by atoms with Crippen LogP contribution in [0.1, 0.15) is 11.1 Å². The maximum Gasteiger partial charge on any atom is 0.205 e. The van der Waals surface area contributed by atoms with Gasteiger partial charge in [-0.05, 0) is 24.6 Å². The van der Waals surface area contributed by atoms with Crippen LogP contribution < -0.4 is 10.2 Å². The molecule has 0 fully saturated rings. The number of nitrogens with one attached hydrogen (secondary N) is 1. The molecule has 1 atom stereocenters. The molecule has 94 valence electrons. The molecule has 4 nitrogen and oxygen atoms in total. The Morgan fingerprint density at radius 1 is 1.39 bits per heavy atom. The Morgan fingerprint density at radius 2 is 2.22 bits per heavy atom. The van der Waals surface area contributed by atoms with Gasteiger partial charge >= 0.3 is 0 Å². The van der Waals surface area contributed by atoms with E-state index >= 15 is 0 Å². The largest absolute Gasteiger partial charge is 0.338 e. The van der Waals surface area contributed by atoms with E-state index in [1.165, 1.54) is 22.7 Å². The number of benzene rings is 1. The second-order valence-corrected chi connectivity index (χ2v) is 5.29. The van der Waals surface area contributed by atoms with E-state index in [-0.39, 0.29) is 0 Å². The molecule has 0 amide bonds. The van der Waals surface area contributed by atoms with Crippen LogP contribution in [-0.2, 0) is 13.0 Å². The monoisotopic (exact) mass is 260 g/mol. The summed E-state index contributed by atoms with van der Waals surface area (Å²) in [6.45, 7) is 1.89. The number of hydrogen-bond acceptors (Lipinski definition) is 5. The molecule has 2 aromatic rings. The zero-order valence-corrected chi connectivity index (χ0v) is 11.2. The first-order valence-corrected chi connectivity index (χ1v) is 6.90. The lowest BCUT2D eigenvalue weighted by molar-refractivity contribution is 0.527. The smallest absolute Gasteiger partial charge is 0.205 e. The van der Waals surface area contributed by atoms with Crippen molar-refractivity contribution >= 4 is 16.7 Å². The maximum absolute atomic E-state index is 4.35. The predicted molar refractivity (Wildman–Crippen MR) is 74.0 cm³/mol. The molecular formula is C13H16N4S. The minimum Gasteiger partial charge on any atom is -0.338 e. The molecule has 1 aliphatic rings. The van der Waals surface area contributed by atoms with Crippen molar-refractivity contribution in [3.8, 4) is 0 Å². The van der Waals surface area contributed by atoms with Crippen molar-refractivity contribution in [3.63, 3.8) is 0 Å². The van der Waals surface area contributed by atoms with E-state index in [4.69, 9.17) is 0 Å². The van der Waals surface area contributed by atoms with E-state index in [1.54, 1.807) is 6.33 Å². The van der Waals surface area contributed by atoms with Gasteiger partial charge in [0, 0.05) is 30.7 Å². The normalized spacial score (nSPS) is 18.7. The molecule has 3 rings (SSSR count). The fourth-order valence-corrected chi connectivity index (χ4v) is 3.12. The Hall–Kier alpha value is -1.46. The molecule has 0 spiro atoms. The van der Waals surface area contributed by atoms with Crippen LogP contribution in [0.4, 0.5) is 5.13 Å². The molecule has 0 saturated heterocycles. The van der Waals surface area contributed by atoms with E-state index < -0.39 is 0 Å². The van der Waals surface area contributed by atoms with Crippen molar-refractivity contribution in [3.05, 3.63) is 41.7 Å². The van der Waals surface area contributed by atoms with Gasteiger partial charge in [0.1, 0.15) is 6.33 Å². The molecule has 0 radical (unpaired) electrons. The van der Waals surface area contributed by atoms with E-state index in [9.17, 15) is 0 Å². The fraction of sp³-hybridized carbons (Fsp3) is 0.385. The maximum atomic E-state index is 4.35. The second-order valence-electron chi connectivity index (χ2n) is 4.54. The third kappa shape index (κ3) is 2.11. The fourth-order valence-electron chi connectivity index (χ4n) is 2.52. The van der Waals surface area contributed by atoms with Gasteiger partial charge in [-0.15, -0.1) is 0 Å². The Kier molecular flexibility index (Phi) is 3.25. The summed E-state index contributed by atoms with van der Waals surface area (Å²) in [6, 6.07) is 9.12. The summed E-state index contributed by atoms with van der Waals surface area (Å²) in [5.41, 5.74) is 2.86. The first-order chi connectivity index (χ1) is 8.88. The third-order valence-electron chi connectivity index (χ3n) is 3.39. The van der Waals surface area contributed by atoms with Gasteiger partial charge in [0.2, 0.25) is 5.13 Å². The van der Waals surface area contributed by atoms with Gasteiger partial charge in [0.05, 0.1) is 0 Å². The highest BCUT2D eigenvalue weighted by Crippen LogP contribution is 2.28. The van der Waals surface area contributed by atoms with E-state index in [0.29, 0.717) is 6.04 Å². The average molecular weight is 260 g/mol. The SMILES string of the molecule is CNCC1Cc2ccccc2CN1c1ncns1. The molecule has 2 heterocycles. The summed E-state index contributed by atoms with van der Waals surface area (Å²) >= 11 is 1.47. The standard InChI is InChI=1S/C13H16N4S/c1-14-7-12-6-10-4-2-3-5-11(10)8-17(12)13-15-9-16-18-13/h2-5,9,12,14H,6-8H2,1H3. The second kappa shape index (κ2) is 5.04. The third-order valence-corrected chi connectivity index (χ3v) is 4.09. The lowest BCUT2D eigenvalue weighted by atomic mass is 9.94. The molecule has 18 heavy (non-hydrogen) atoms. The Balaban J connectivity index is 1.93. The van der Waals surface area contributed by atoms with Crippen molar-refractivity contribution in [2.24, 2.45) is 0 Å². The van der Waals surface area contributed by atoms with Crippen LogP contribution in [0.25, 0.3) is 0 Å². The lowest BCUT2D eigenvalue weighted by Gasteiger charge is -2.36. The number of aromatic nitrogens is 2. The molecular weight excluding hydrogens is 244 g/mol. The van der Waals surface area contributed by atoms with Gasteiger partial charge in [-0.25, -0.2) is 4.98 Å². The molecule has 1 aliphatic heterocycles. The van der Waals surface area contributed by atoms with Crippen molar-refractivity contribution < 1.29 is 0 Å². The molecule has 1 aromatic heterocycles. The molecule has 0 saturated carbocycles. The Bertz CT molecular complexity index is 511. The van der Waals surface area contributed by atoms with Gasteiger partial charge in [0.15, 0.2) is 0 Å². The highest BCUT2D eigenvalue weighted by molar-refractivity contribution is 7.09. The molecule has 1 N–H and O–H groups in total. The zero-order valence-electron chi connectivity index (χ0n) is 10.3. The minimum absolute atomic E-state index is 0.456. The van der Waals surface area contributed by atoms with Crippen LogP contribution in [0.5, 0.6) is 0 Å². The van der Waals surface area contributed by atoms with Gasteiger partial charge in [-0.2, -0.15) is 4.37 Å². The molecule has 5 heteroatoms. The number of anilines is 1. The number of likely N-dealkylation sites (N-methyl/N-ethyl adjacent to an activating group) is 1. The van der Waals surface area contributed by atoms with Crippen molar-refractivity contribution in [2.45, 2.75) is 19.0 Å². The number of fused-ring (bicyclic) bond motifs is 1. The van der Waals surface area contributed by atoms with Gasteiger partial charge < -0.3 is 10.2 Å². The van der Waals surface area contributed by atoms with Crippen LogP contribution in [0.15, 0.2) is 30.6 Å². The molecule has 1 aromatic carbocycles. The minimum atomic E-state index is 0.456. The molecule has 1 unspecified atom stereocenters. The highest BCUT2D eigenvalue weighted by Gasteiger charge is 2.27. The van der Waals surface area contributed by atoms with Crippen LogP contribution in [0.3, 0.4) is 0 Å². The summed E-state index contributed by atoms with van der Waals surface area (Å²) in [7, 11) is 2.00. The Morgan fingerprint density at radius 3 is 2.94 bits per heavy atom. The summed E-state index contributed by atoms with van der Waals surface area (Å²) in [6.07, 6.45) is 2.70. The van der Waals surface area contributed by atoms with E-state index in [0.717, 1.165) is 24.6 Å². The van der Waals surface area contributed by atoms with Crippen molar-refractivity contribution in [1.29, 1.82) is 0 Å². The first-order valence-electron chi connectivity index (χ1n) is 6.13. The summed E-state index contributed by atoms with van der Waals surface area (Å²) in [5, 5.41) is 4.29. The topological polar surface area (TPSA) is 41.0 Å². The van der Waals surface area contributed by atoms with Crippen LogP contribution in [-0.4, -0.2) is 29.0 Å². The summed E-state index contributed by atoms with van der Waals surface area (Å²) < 4.78 is 4.12. The zero-order chi connectivity index (χ0) is 12.4. The van der Waals surface area contributed by atoms with E-state index in [2.05, 4.69) is 43.8 Å². The predicted octanol–water partition coefficient (Wildman–Crippen LogP) is 1.69. The quantitative estimate of drug-likeness (QED) is 0.912. The molecule has 0 bridgehead atoms. The highest BCUT2D eigenvalue weighted by atomic mass is 32.1. The van der Waals surface area contributed by atoms with Gasteiger partial charge in [0.25, 0.3) is 0 Å². The molecule has 0 aliphatic carbocycles. The van der Waals surface area contributed by atoms with Crippen LogP contribution >= 0.6 is 11.5 Å². The number of rotatable bonds is 3.